The normalized spacial score (nSPS) is 12.1. The second-order valence-electron chi connectivity index (χ2n) is 34.5. The third-order valence-electron chi connectivity index (χ3n) is 27.4. The Balaban J connectivity index is 0.0000000834. The van der Waals surface area contributed by atoms with E-state index >= 15 is 0 Å². The van der Waals surface area contributed by atoms with E-state index in [9.17, 15) is 0 Å². The third-order valence-corrected chi connectivity index (χ3v) is 33.3. The van der Waals surface area contributed by atoms with E-state index in [4.69, 9.17) is 0 Å². The Hall–Kier alpha value is -15.8. The molecule has 132 heavy (non-hydrogen) atoms. The van der Waals surface area contributed by atoms with E-state index < -0.39 is 0 Å². The number of benzene rings is 22. The highest BCUT2D eigenvalue weighted by Crippen LogP contribution is 2.53. The average molecular weight is 1770 g/mol. The lowest BCUT2D eigenvalue weighted by Gasteiger charge is -2.06. The van der Waals surface area contributed by atoms with Gasteiger partial charge in [0.15, 0.2) is 0 Å². The number of rotatable bonds is 2. The molecule has 5 nitrogen and oxygen atoms in total. The van der Waals surface area contributed by atoms with Crippen LogP contribution in [0.25, 0.3) is 286 Å². The van der Waals surface area contributed by atoms with Gasteiger partial charge in [-0.2, -0.15) is 0 Å². The van der Waals surface area contributed by atoms with Gasteiger partial charge in [0.1, 0.15) is 0 Å². The SMILES string of the molecule is c1ccc(-c2ccc3[nH]c4c5sc6ccc(-c7ccccc7)cc6c5c5ccccc5c4c3c2)cc1.c1ccc2c(c1)[nH]c1c2c2ccccc2c2sc3ccccc3c12.c1ccc2c(c1)[nH]c1c3ccccc3c3c4ccccc4sc3c21.c1ccc2c(c1)[nH]c1c3ccccc3c3sc4ccccc4c3c21.c1ccc2c(c1)[nH]c1c3sc4ccccc4c3c3ccccc3c21. The van der Waals surface area contributed by atoms with Crippen molar-refractivity contribution in [1.82, 2.24) is 24.9 Å². The molecule has 0 saturated heterocycles. The van der Waals surface area contributed by atoms with Gasteiger partial charge >= 0.3 is 0 Å². The number of aromatic nitrogens is 5. The van der Waals surface area contributed by atoms with Crippen molar-refractivity contribution >= 4 is 320 Å². The van der Waals surface area contributed by atoms with Gasteiger partial charge in [0.25, 0.3) is 0 Å². The van der Waals surface area contributed by atoms with Crippen LogP contribution in [0.3, 0.4) is 0 Å². The first-order valence-corrected chi connectivity index (χ1v) is 48.9. The van der Waals surface area contributed by atoms with Crippen LogP contribution in [-0.4, -0.2) is 24.9 Å². The van der Waals surface area contributed by atoms with Crippen LogP contribution >= 0.6 is 56.7 Å². The van der Waals surface area contributed by atoms with Crippen molar-refractivity contribution in [2.45, 2.75) is 0 Å². The van der Waals surface area contributed by atoms with Crippen molar-refractivity contribution in [3.05, 3.63) is 413 Å². The Morgan fingerprint density at radius 2 is 0.379 bits per heavy atom. The van der Waals surface area contributed by atoms with Gasteiger partial charge in [0.2, 0.25) is 0 Å². The minimum atomic E-state index is 1.18. The summed E-state index contributed by atoms with van der Waals surface area (Å²) >= 11 is 9.49. The topological polar surface area (TPSA) is 78.9 Å². The molecule has 0 saturated carbocycles. The van der Waals surface area contributed by atoms with E-state index in [-0.39, 0.29) is 0 Å². The lowest BCUT2D eigenvalue weighted by atomic mass is 9.96. The molecule has 5 N–H and O–H groups in total. The van der Waals surface area contributed by atoms with Crippen LogP contribution in [0.15, 0.2) is 413 Å². The summed E-state index contributed by atoms with van der Waals surface area (Å²) in [6.45, 7) is 0. The summed E-state index contributed by atoms with van der Waals surface area (Å²) < 4.78 is 13.6. The van der Waals surface area contributed by atoms with Gasteiger partial charge in [0, 0.05) is 194 Å². The van der Waals surface area contributed by atoms with Gasteiger partial charge in [-0.1, -0.05) is 340 Å². The van der Waals surface area contributed by atoms with Crippen LogP contribution in [0, 0.1) is 0 Å². The van der Waals surface area contributed by atoms with Gasteiger partial charge in [-0.3, -0.25) is 0 Å². The number of hydrogen-bond donors (Lipinski definition) is 5. The van der Waals surface area contributed by atoms with Crippen molar-refractivity contribution in [3.63, 3.8) is 0 Å². The summed E-state index contributed by atoms with van der Waals surface area (Å²) in [6.07, 6.45) is 0. The summed E-state index contributed by atoms with van der Waals surface area (Å²) in [5.41, 5.74) is 17.3. The molecule has 10 heterocycles. The molecule has 0 amide bonds. The maximum Gasteiger partial charge on any atom is 0.0653 e. The van der Waals surface area contributed by atoms with Crippen LogP contribution in [-0.2, 0) is 0 Å². The largest absolute Gasteiger partial charge is 0.354 e. The Kier molecular flexibility index (Phi) is 17.0. The summed E-state index contributed by atoms with van der Waals surface area (Å²) in [7, 11) is 0. The zero-order valence-corrected chi connectivity index (χ0v) is 74.9. The van der Waals surface area contributed by atoms with Crippen molar-refractivity contribution < 1.29 is 0 Å². The van der Waals surface area contributed by atoms with Gasteiger partial charge in [-0.05, 0) is 127 Å². The molecule has 32 aromatic rings. The zero-order valence-electron chi connectivity index (χ0n) is 70.8. The van der Waals surface area contributed by atoms with Crippen molar-refractivity contribution in [2.24, 2.45) is 0 Å². The molecule has 22 aromatic carbocycles. The minimum absolute atomic E-state index is 1.18. The first-order valence-electron chi connectivity index (χ1n) is 44.8. The Morgan fingerprint density at radius 1 is 0.121 bits per heavy atom. The van der Waals surface area contributed by atoms with Crippen molar-refractivity contribution in [1.29, 1.82) is 0 Å². The highest BCUT2D eigenvalue weighted by Gasteiger charge is 2.25. The quantitative estimate of drug-likeness (QED) is 0.114. The van der Waals surface area contributed by atoms with Crippen LogP contribution < -0.4 is 0 Å². The summed E-state index contributed by atoms with van der Waals surface area (Å²) in [6, 6.07) is 149. The maximum atomic E-state index is 3.81. The smallest absolute Gasteiger partial charge is 0.0653 e. The Bertz CT molecular complexity index is 9810. The predicted octanol–water partition coefficient (Wildman–Crippen LogP) is 37.5. The molecule has 0 unspecified atom stereocenters. The van der Waals surface area contributed by atoms with Crippen LogP contribution in [0.4, 0.5) is 0 Å². The minimum Gasteiger partial charge on any atom is -0.354 e. The second kappa shape index (κ2) is 29.9. The molecule has 0 aliphatic heterocycles. The summed E-state index contributed by atoms with van der Waals surface area (Å²) in [5, 5.41) is 40.2. The number of aromatic amines is 5. The zero-order chi connectivity index (χ0) is 86.3. The van der Waals surface area contributed by atoms with E-state index in [1.807, 2.05) is 56.7 Å². The molecule has 10 heteroatoms. The monoisotopic (exact) mass is 1770 g/mol. The van der Waals surface area contributed by atoms with Gasteiger partial charge in [-0.25, -0.2) is 0 Å². The van der Waals surface area contributed by atoms with E-state index in [2.05, 4.69) is 437 Å². The van der Waals surface area contributed by atoms with Crippen molar-refractivity contribution in [3.8, 4) is 22.3 Å². The lowest BCUT2D eigenvalue weighted by Crippen LogP contribution is -1.80. The lowest BCUT2D eigenvalue weighted by molar-refractivity contribution is 1.56. The van der Waals surface area contributed by atoms with Crippen LogP contribution in [0.1, 0.15) is 0 Å². The van der Waals surface area contributed by atoms with E-state index in [0.29, 0.717) is 0 Å². The number of nitrogens with one attached hydrogen (secondary N) is 5. The molecule has 616 valence electrons. The van der Waals surface area contributed by atoms with Gasteiger partial charge < -0.3 is 24.9 Å². The van der Waals surface area contributed by atoms with Gasteiger partial charge in [0.05, 0.1) is 37.0 Å². The van der Waals surface area contributed by atoms with Gasteiger partial charge in [-0.15, -0.1) is 56.7 Å². The first kappa shape index (κ1) is 75.2. The maximum absolute atomic E-state index is 3.81. The summed E-state index contributed by atoms with van der Waals surface area (Å²) in [5.74, 6) is 0. The van der Waals surface area contributed by atoms with Crippen LogP contribution in [0.5, 0.6) is 0 Å². The molecule has 0 bridgehead atoms. The number of fused-ring (bicyclic) bond motifs is 50. The number of para-hydroxylation sites is 4. The van der Waals surface area contributed by atoms with E-state index in [1.165, 1.54) is 286 Å². The van der Waals surface area contributed by atoms with E-state index in [1.54, 1.807) is 0 Å². The molecule has 0 atom stereocenters. The summed E-state index contributed by atoms with van der Waals surface area (Å²) in [4.78, 5) is 18.5. The van der Waals surface area contributed by atoms with Crippen molar-refractivity contribution in [2.75, 3.05) is 0 Å². The standard InChI is InChI=1S/C34H21NS.4C22H13NS/c1-3-9-21(10-4-1)23-15-17-29-27(19-23)31-25-13-7-8-14-26(25)32-28-20-24(22-11-5-2-6-12-22)16-18-30(28)36-34(32)33(31)35-29;1-2-8-14-13(7-1)21-19(15-9-3-5-11-17(15)23-21)20-16-10-4-6-12-18(16)24-22(14)20;1-2-8-14-13(7-1)19-16-10-4-6-12-18(16)24-22(19)20-15-9-3-5-11-17(15)23-21(14)20;1-2-8-14-13(7-1)19-15-9-3-5-11-17(15)23-21(19)20-16-10-4-6-12-18(16)24-22(14)20;1-2-8-14-13(7-1)19-15-9-3-5-11-17(15)23-21(19)22-20(14)16-10-4-6-12-18(16)24-22/h1-20,35H;4*1-12,23H. The Labute approximate surface area is 773 Å². The second-order valence-corrected chi connectivity index (χ2v) is 39.8. The number of thiophene rings is 5. The molecule has 0 radical (unpaired) electrons. The molecule has 0 aliphatic carbocycles. The fourth-order valence-corrected chi connectivity index (χ4v) is 27.9. The molecule has 0 spiro atoms. The highest BCUT2D eigenvalue weighted by molar-refractivity contribution is 7.29. The number of H-pyrrole nitrogens is 5. The fourth-order valence-electron chi connectivity index (χ4n) is 21.7. The molecular formula is C122H73N5S5. The average Bonchev–Trinajstić information content (AvgIpc) is 1.56. The molecule has 10 aromatic heterocycles. The molecule has 0 aliphatic rings. The first-order chi connectivity index (χ1) is 65.5. The van der Waals surface area contributed by atoms with E-state index in [0.717, 1.165) is 0 Å². The van der Waals surface area contributed by atoms with Crippen LogP contribution in [0.2, 0.25) is 0 Å². The molecule has 0 fully saturated rings. The molecular weight excluding hydrogens is 1700 g/mol. The Morgan fingerprint density at radius 3 is 0.871 bits per heavy atom. The fraction of sp³-hybridized carbons (Fsp3) is 0. The predicted molar refractivity (Wildman–Crippen MR) is 582 cm³/mol. The highest BCUT2D eigenvalue weighted by atomic mass is 32.1. The number of hydrogen-bond acceptors (Lipinski definition) is 5. The molecule has 32 rings (SSSR count). The third kappa shape index (κ3) is 11.5.